The van der Waals surface area contributed by atoms with Crippen molar-refractivity contribution in [2.24, 2.45) is 0 Å². The molecule has 3 heterocycles. The van der Waals surface area contributed by atoms with Gasteiger partial charge in [0.1, 0.15) is 0 Å². The van der Waals surface area contributed by atoms with Crippen LogP contribution < -0.4 is 36.0 Å². The Labute approximate surface area is 411 Å². The quantitative estimate of drug-likeness (QED) is 0.154. The molecule has 0 radical (unpaired) electrons. The van der Waals surface area contributed by atoms with Gasteiger partial charge in [-0.15, -0.1) is 0 Å². The fourth-order valence-electron chi connectivity index (χ4n) is 12.6. The van der Waals surface area contributed by atoms with Gasteiger partial charge < -0.3 is 19.6 Å². The van der Waals surface area contributed by atoms with E-state index in [2.05, 4.69) is 263 Å². The number of rotatable bonds is 6. The summed E-state index contributed by atoms with van der Waals surface area (Å²) in [5.74, 6) is 0. The third-order valence-corrected chi connectivity index (χ3v) is 16.5. The predicted molar refractivity (Wildman–Crippen MR) is 295 cm³/mol. The Hall–Kier alpha value is -6.98. The second kappa shape index (κ2) is 15.8. The van der Waals surface area contributed by atoms with Gasteiger partial charge in [0.05, 0.1) is 5.54 Å². The molecule has 8 aromatic carbocycles. The van der Waals surface area contributed by atoms with Gasteiger partial charge in [0.15, 0.2) is 0 Å². The summed E-state index contributed by atoms with van der Waals surface area (Å²) in [7, 11) is 0. The predicted octanol–water partition coefficient (Wildman–Crippen LogP) is 15.6. The van der Waals surface area contributed by atoms with Gasteiger partial charge in [0.25, 0.3) is 6.71 Å². The zero-order valence-electron chi connectivity index (χ0n) is 41.6. The molecule has 1 fully saturated rings. The number of benzene rings is 8. The maximum Gasteiger partial charge on any atom is 0.252 e. The monoisotopic (exact) mass is 899 g/mol. The smallest absolute Gasteiger partial charge is 0.252 e. The van der Waals surface area contributed by atoms with E-state index in [4.69, 9.17) is 0 Å². The average Bonchev–Trinajstić information content (AvgIpc) is 3.56. The second-order valence-electron chi connectivity index (χ2n) is 22.6. The molecule has 5 heteroatoms. The van der Waals surface area contributed by atoms with Gasteiger partial charge in [-0.25, -0.2) is 0 Å². The fourth-order valence-corrected chi connectivity index (χ4v) is 12.6. The molecule has 4 aliphatic rings. The Balaban J connectivity index is 1.10. The Bertz CT molecular complexity index is 3200. The summed E-state index contributed by atoms with van der Waals surface area (Å²) in [4.78, 5) is 10.3. The summed E-state index contributed by atoms with van der Waals surface area (Å²) in [6, 6.07) is 71.2. The molecule has 342 valence electrons. The van der Waals surface area contributed by atoms with E-state index in [1.807, 2.05) is 0 Å². The number of hydrogen-bond acceptors (Lipinski definition) is 4. The maximum absolute atomic E-state index is 2.76. The fraction of sp³-hybridized carbons (Fsp3) is 0.250. The van der Waals surface area contributed by atoms with Crippen LogP contribution in [0, 0.1) is 0 Å². The van der Waals surface area contributed by atoms with Crippen molar-refractivity contribution in [3.63, 3.8) is 0 Å². The van der Waals surface area contributed by atoms with Gasteiger partial charge in [0, 0.05) is 68.0 Å². The summed E-state index contributed by atoms with van der Waals surface area (Å²) in [5, 5.41) is 0. The normalized spacial score (nSPS) is 19.1. The minimum atomic E-state index is -0.142. The first kappa shape index (κ1) is 43.3. The lowest BCUT2D eigenvalue weighted by Gasteiger charge is -2.50. The van der Waals surface area contributed by atoms with Crippen LogP contribution in [0.2, 0.25) is 0 Å². The highest BCUT2D eigenvalue weighted by Gasteiger charge is 2.58. The third-order valence-electron chi connectivity index (χ3n) is 16.5. The third kappa shape index (κ3) is 6.71. The molecule has 0 amide bonds. The molecule has 0 saturated heterocycles. The summed E-state index contributed by atoms with van der Waals surface area (Å²) < 4.78 is 0. The Morgan fingerprint density at radius 1 is 0.435 bits per heavy atom. The van der Waals surface area contributed by atoms with Crippen LogP contribution in [-0.4, -0.2) is 12.3 Å². The highest BCUT2D eigenvalue weighted by molar-refractivity contribution is 7.00. The first-order chi connectivity index (χ1) is 33.2. The van der Waals surface area contributed by atoms with Crippen molar-refractivity contribution in [2.75, 3.05) is 19.6 Å². The topological polar surface area (TPSA) is 13.0 Å². The molecule has 3 aliphatic heterocycles. The zero-order valence-corrected chi connectivity index (χ0v) is 41.6. The van der Waals surface area contributed by atoms with E-state index >= 15 is 0 Å². The van der Waals surface area contributed by atoms with Crippen molar-refractivity contribution in [2.45, 2.75) is 103 Å². The van der Waals surface area contributed by atoms with Crippen molar-refractivity contribution in [1.29, 1.82) is 0 Å². The minimum absolute atomic E-state index is 0.0339. The van der Waals surface area contributed by atoms with E-state index in [9.17, 15) is 0 Å². The van der Waals surface area contributed by atoms with E-state index in [0.717, 1.165) is 24.2 Å². The molecule has 1 saturated carbocycles. The molecular formula is C64H63BN4. The number of hydrogen-bond donors (Lipinski definition) is 0. The van der Waals surface area contributed by atoms with Gasteiger partial charge in [-0.2, -0.15) is 0 Å². The van der Waals surface area contributed by atoms with Gasteiger partial charge >= 0.3 is 0 Å². The largest absolute Gasteiger partial charge is 0.334 e. The average molecular weight is 899 g/mol. The molecule has 0 spiro atoms. The summed E-state index contributed by atoms with van der Waals surface area (Å²) >= 11 is 0. The van der Waals surface area contributed by atoms with Crippen molar-refractivity contribution < 1.29 is 0 Å². The Morgan fingerprint density at radius 3 is 1.61 bits per heavy atom. The van der Waals surface area contributed by atoms with Crippen molar-refractivity contribution in [1.82, 2.24) is 0 Å². The van der Waals surface area contributed by atoms with Gasteiger partial charge in [-0.05, 0) is 161 Å². The molecule has 8 aromatic rings. The van der Waals surface area contributed by atoms with Crippen LogP contribution >= 0.6 is 0 Å². The minimum Gasteiger partial charge on any atom is -0.334 e. The van der Waals surface area contributed by atoms with Gasteiger partial charge in [-0.1, -0.05) is 152 Å². The first-order valence-electron chi connectivity index (χ1n) is 25.3. The first-order valence-corrected chi connectivity index (χ1v) is 25.3. The molecule has 0 bridgehead atoms. The molecule has 2 unspecified atom stereocenters. The second-order valence-corrected chi connectivity index (χ2v) is 22.6. The Kier molecular flexibility index (Phi) is 9.91. The van der Waals surface area contributed by atoms with Crippen molar-refractivity contribution in [3.05, 3.63) is 205 Å². The van der Waals surface area contributed by atoms with Gasteiger partial charge in [-0.3, -0.25) is 0 Å². The summed E-state index contributed by atoms with van der Waals surface area (Å²) in [6.07, 6.45) is 4.70. The SMILES string of the molecule is CC(C)(C)c1ccc(N2c3cc(N4c5ccc(N(c6ccccc6)c6ccccc6)cc5C5(C)CCCCC45C)ccc3B3c4ccccc4N(c4ccccc4)c4cc(C(C)(C)C)cc2c43)cc1. The van der Waals surface area contributed by atoms with Gasteiger partial charge in [0.2, 0.25) is 0 Å². The molecular weight excluding hydrogens is 836 g/mol. The van der Waals surface area contributed by atoms with E-state index in [1.165, 1.54) is 97.1 Å². The highest BCUT2D eigenvalue weighted by atomic mass is 15.3. The molecule has 12 rings (SSSR count). The van der Waals surface area contributed by atoms with Crippen LogP contribution in [-0.2, 0) is 16.2 Å². The lowest BCUT2D eigenvalue weighted by Crippen LogP contribution is -2.61. The lowest BCUT2D eigenvalue weighted by atomic mass is 9.33. The molecule has 0 aromatic heterocycles. The number of anilines is 11. The number of nitrogens with zero attached hydrogens (tertiary/aromatic N) is 4. The Morgan fingerprint density at radius 2 is 0.971 bits per heavy atom. The van der Waals surface area contributed by atoms with E-state index < -0.39 is 0 Å². The number of fused-ring (bicyclic) bond motifs is 7. The van der Waals surface area contributed by atoms with E-state index in [-0.39, 0.29) is 28.5 Å². The van der Waals surface area contributed by atoms with Crippen LogP contribution in [0.1, 0.15) is 97.8 Å². The van der Waals surface area contributed by atoms with Crippen molar-refractivity contribution >= 4 is 85.7 Å². The summed E-state index contributed by atoms with van der Waals surface area (Å²) in [5.41, 5.74) is 21.3. The standard InChI is InChI=1S/C64H63BN4/c1-61(2,3)44-30-32-49(33-31-44)68-57-43-51(34-36-54(57)65-53-28-18-19-29-56(53)67(48-26-16-11-17-27-48)58-40-45(62(4,5)6)41-59(68)60(58)65)69-55-37-35-50(42-52(55)63(7)38-20-21-39-64(63,69)8)66(46-22-12-9-13-23-46)47-24-14-10-15-25-47/h9-19,22-37,40-43H,20-21,38-39H2,1-8H3. The van der Waals surface area contributed by atoms with E-state index in [0.29, 0.717) is 0 Å². The maximum atomic E-state index is 2.76. The highest BCUT2D eigenvalue weighted by Crippen LogP contribution is 2.62. The molecule has 69 heavy (non-hydrogen) atoms. The van der Waals surface area contributed by atoms with Crippen LogP contribution in [0.5, 0.6) is 0 Å². The van der Waals surface area contributed by atoms with Crippen LogP contribution in [0.15, 0.2) is 188 Å². The molecule has 1 aliphatic carbocycles. The van der Waals surface area contributed by atoms with Crippen molar-refractivity contribution in [3.8, 4) is 0 Å². The molecule has 4 nitrogen and oxygen atoms in total. The zero-order chi connectivity index (χ0) is 47.5. The van der Waals surface area contributed by atoms with E-state index in [1.54, 1.807) is 0 Å². The molecule has 2 atom stereocenters. The lowest BCUT2D eigenvalue weighted by molar-refractivity contribution is 0.195. The molecule has 0 N–H and O–H groups in total. The number of para-hydroxylation sites is 4. The van der Waals surface area contributed by atoms with Crippen LogP contribution in [0.3, 0.4) is 0 Å². The van der Waals surface area contributed by atoms with Crippen LogP contribution in [0.4, 0.5) is 62.6 Å². The summed E-state index contributed by atoms with van der Waals surface area (Å²) in [6.45, 7) is 19.2. The van der Waals surface area contributed by atoms with Crippen LogP contribution in [0.25, 0.3) is 0 Å².